The fourth-order valence-corrected chi connectivity index (χ4v) is 1.60. The van der Waals surface area contributed by atoms with Gasteiger partial charge in [-0.1, -0.05) is 11.6 Å². The Morgan fingerprint density at radius 3 is 2.67 bits per heavy atom. The number of rotatable bonds is 1. The van der Waals surface area contributed by atoms with Crippen molar-refractivity contribution in [3.63, 3.8) is 0 Å². The molecule has 0 spiro atoms. The Morgan fingerprint density at radius 2 is 2.17 bits per heavy atom. The van der Waals surface area contributed by atoms with Crippen LogP contribution < -0.4 is 10.5 Å². The van der Waals surface area contributed by atoms with Gasteiger partial charge < -0.3 is 10.5 Å². The molecule has 0 bridgehead atoms. The molecule has 1 aromatic rings. The number of ether oxygens (including phenoxy) is 1. The molecule has 0 aliphatic carbocycles. The van der Waals surface area contributed by atoms with Crippen molar-refractivity contribution in [2.24, 2.45) is 0 Å². The largest absolute Gasteiger partial charge is 0.495 e. The van der Waals surface area contributed by atoms with Crippen LogP contribution in [0, 0.1) is 6.92 Å². The molecule has 0 amide bonds. The molecule has 2 nitrogen and oxygen atoms in total. The predicted octanol–water partition coefficient (Wildman–Crippen LogP) is 3.00. The molecule has 0 fully saturated rings. The second-order valence-corrected chi connectivity index (χ2v) is 3.61. The van der Waals surface area contributed by atoms with Crippen LogP contribution in [0.3, 0.4) is 0 Å². The summed E-state index contributed by atoms with van der Waals surface area (Å²) in [7, 11) is 1.56. The number of hydrogen-bond acceptors (Lipinski definition) is 2. The van der Waals surface area contributed by atoms with Gasteiger partial charge in [0.05, 0.1) is 12.8 Å². The first-order valence-electron chi connectivity index (χ1n) is 3.36. The van der Waals surface area contributed by atoms with E-state index < -0.39 is 0 Å². The van der Waals surface area contributed by atoms with Crippen LogP contribution in [0.15, 0.2) is 10.5 Å². The monoisotopic (exact) mass is 249 g/mol. The molecule has 0 aliphatic rings. The van der Waals surface area contributed by atoms with Gasteiger partial charge in [-0.05, 0) is 28.4 Å². The number of methoxy groups -OCH3 is 1. The van der Waals surface area contributed by atoms with Gasteiger partial charge in [-0.3, -0.25) is 0 Å². The molecule has 0 saturated heterocycles. The molecular weight excluding hydrogens is 241 g/mol. The molecule has 0 saturated carbocycles. The number of halogens is 2. The average molecular weight is 251 g/mol. The molecule has 0 radical (unpaired) electrons. The van der Waals surface area contributed by atoms with Crippen molar-refractivity contribution in [1.29, 1.82) is 0 Å². The molecule has 4 heteroatoms. The molecule has 66 valence electrons. The Bertz CT molecular complexity index is 314. The van der Waals surface area contributed by atoms with Crippen LogP contribution in [-0.2, 0) is 0 Å². The lowest BCUT2D eigenvalue weighted by atomic mass is 10.2. The zero-order chi connectivity index (χ0) is 9.30. The van der Waals surface area contributed by atoms with E-state index in [0.717, 1.165) is 10.0 Å². The van der Waals surface area contributed by atoms with Crippen molar-refractivity contribution in [1.82, 2.24) is 0 Å². The van der Waals surface area contributed by atoms with Crippen molar-refractivity contribution in [3.05, 3.63) is 21.1 Å². The summed E-state index contributed by atoms with van der Waals surface area (Å²) in [4.78, 5) is 0. The molecular formula is C8H9BrClNO. The highest BCUT2D eigenvalue weighted by Gasteiger charge is 2.09. The zero-order valence-electron chi connectivity index (χ0n) is 6.82. The SMILES string of the molecule is COc1cc(Cl)c(C)c(Br)c1N. The third-order valence-corrected chi connectivity index (χ3v) is 3.08. The summed E-state index contributed by atoms with van der Waals surface area (Å²) in [5, 5.41) is 0.646. The minimum absolute atomic E-state index is 0.583. The highest BCUT2D eigenvalue weighted by atomic mass is 79.9. The standard InChI is InChI=1S/C8H9BrClNO/c1-4-5(10)3-6(12-2)8(11)7(4)9/h3H,11H2,1-2H3. The Kier molecular flexibility index (Phi) is 2.85. The van der Waals surface area contributed by atoms with E-state index in [9.17, 15) is 0 Å². The van der Waals surface area contributed by atoms with Gasteiger partial charge in [0.25, 0.3) is 0 Å². The summed E-state index contributed by atoms with van der Waals surface area (Å²) in [5.74, 6) is 0.595. The van der Waals surface area contributed by atoms with Gasteiger partial charge in [0.2, 0.25) is 0 Å². The molecule has 0 unspecified atom stereocenters. The highest BCUT2D eigenvalue weighted by molar-refractivity contribution is 9.10. The number of nitrogen functional groups attached to an aromatic ring is 1. The lowest BCUT2D eigenvalue weighted by molar-refractivity contribution is 0.416. The molecule has 12 heavy (non-hydrogen) atoms. The van der Waals surface area contributed by atoms with E-state index in [4.69, 9.17) is 22.1 Å². The predicted molar refractivity (Wildman–Crippen MR) is 54.9 cm³/mol. The fourth-order valence-electron chi connectivity index (χ4n) is 0.885. The van der Waals surface area contributed by atoms with E-state index in [2.05, 4.69) is 15.9 Å². The van der Waals surface area contributed by atoms with Gasteiger partial charge in [-0.2, -0.15) is 0 Å². The van der Waals surface area contributed by atoms with E-state index in [-0.39, 0.29) is 0 Å². The van der Waals surface area contributed by atoms with Crippen molar-refractivity contribution >= 4 is 33.2 Å². The Morgan fingerprint density at radius 1 is 1.58 bits per heavy atom. The smallest absolute Gasteiger partial charge is 0.144 e. The van der Waals surface area contributed by atoms with Gasteiger partial charge >= 0.3 is 0 Å². The molecule has 0 atom stereocenters. The number of nitrogens with two attached hydrogens (primary N) is 1. The Hall–Kier alpha value is -0.410. The summed E-state index contributed by atoms with van der Waals surface area (Å²) in [6.45, 7) is 1.89. The summed E-state index contributed by atoms with van der Waals surface area (Å²) in [5.41, 5.74) is 7.24. The van der Waals surface area contributed by atoms with Crippen molar-refractivity contribution in [2.45, 2.75) is 6.92 Å². The van der Waals surface area contributed by atoms with Crippen LogP contribution in [0.1, 0.15) is 5.56 Å². The molecule has 1 rings (SSSR count). The molecule has 2 N–H and O–H groups in total. The second-order valence-electron chi connectivity index (χ2n) is 2.41. The van der Waals surface area contributed by atoms with E-state index in [1.807, 2.05) is 6.92 Å². The maximum absolute atomic E-state index is 5.90. The fraction of sp³-hybridized carbons (Fsp3) is 0.250. The molecule has 0 heterocycles. The van der Waals surface area contributed by atoms with Crippen LogP contribution in [0.5, 0.6) is 5.75 Å². The van der Waals surface area contributed by atoms with E-state index in [1.165, 1.54) is 0 Å². The summed E-state index contributed by atoms with van der Waals surface area (Å²) < 4.78 is 5.82. The molecule has 0 aliphatic heterocycles. The summed E-state index contributed by atoms with van der Waals surface area (Å²) >= 11 is 9.24. The van der Waals surface area contributed by atoms with Gasteiger partial charge in [-0.15, -0.1) is 0 Å². The van der Waals surface area contributed by atoms with Gasteiger partial charge in [0.15, 0.2) is 0 Å². The number of benzene rings is 1. The van der Waals surface area contributed by atoms with Crippen LogP contribution in [-0.4, -0.2) is 7.11 Å². The maximum Gasteiger partial charge on any atom is 0.144 e. The minimum Gasteiger partial charge on any atom is -0.495 e. The molecule has 0 aromatic heterocycles. The quantitative estimate of drug-likeness (QED) is 0.778. The van der Waals surface area contributed by atoms with Crippen LogP contribution >= 0.6 is 27.5 Å². The van der Waals surface area contributed by atoms with Crippen molar-refractivity contribution in [3.8, 4) is 5.75 Å². The van der Waals surface area contributed by atoms with Crippen molar-refractivity contribution in [2.75, 3.05) is 12.8 Å². The van der Waals surface area contributed by atoms with Crippen LogP contribution in [0.25, 0.3) is 0 Å². The lowest BCUT2D eigenvalue weighted by Gasteiger charge is -2.09. The van der Waals surface area contributed by atoms with Gasteiger partial charge in [0, 0.05) is 15.6 Å². The van der Waals surface area contributed by atoms with E-state index in [1.54, 1.807) is 13.2 Å². The van der Waals surface area contributed by atoms with Crippen LogP contribution in [0.4, 0.5) is 5.69 Å². The highest BCUT2D eigenvalue weighted by Crippen LogP contribution is 2.36. The third-order valence-electron chi connectivity index (χ3n) is 1.67. The first-order valence-corrected chi connectivity index (χ1v) is 4.53. The normalized spacial score (nSPS) is 10.0. The Balaban J connectivity index is 3.39. The number of hydrogen-bond donors (Lipinski definition) is 1. The maximum atomic E-state index is 5.90. The van der Waals surface area contributed by atoms with Crippen molar-refractivity contribution < 1.29 is 4.74 Å². The molecule has 1 aromatic carbocycles. The summed E-state index contributed by atoms with van der Waals surface area (Å²) in [6.07, 6.45) is 0. The van der Waals surface area contributed by atoms with E-state index in [0.29, 0.717) is 16.5 Å². The average Bonchev–Trinajstić information content (AvgIpc) is 2.08. The van der Waals surface area contributed by atoms with Gasteiger partial charge in [0.1, 0.15) is 5.75 Å². The van der Waals surface area contributed by atoms with E-state index >= 15 is 0 Å². The lowest BCUT2D eigenvalue weighted by Crippen LogP contribution is -1.95. The van der Waals surface area contributed by atoms with Crippen LogP contribution in [0.2, 0.25) is 5.02 Å². The topological polar surface area (TPSA) is 35.2 Å². The summed E-state index contributed by atoms with van der Waals surface area (Å²) in [6, 6.07) is 1.71. The minimum atomic E-state index is 0.583. The Labute approximate surface area is 84.8 Å². The first kappa shape index (κ1) is 9.68. The first-order chi connectivity index (χ1) is 5.57. The zero-order valence-corrected chi connectivity index (χ0v) is 9.16. The van der Waals surface area contributed by atoms with Gasteiger partial charge in [-0.25, -0.2) is 0 Å². The number of anilines is 1. The third kappa shape index (κ3) is 1.52. The second kappa shape index (κ2) is 3.54.